The SMILES string of the molecule is CCNC(=NCCOCCS(C)(=O)=O)NC(C)c1cc(C)ccc1OC.I. The molecule has 0 bridgehead atoms. The van der Waals surface area contributed by atoms with Crippen molar-refractivity contribution in [3.8, 4) is 5.75 Å². The number of aliphatic imine (C=N–C) groups is 1. The summed E-state index contributed by atoms with van der Waals surface area (Å²) in [4.78, 5) is 4.47. The van der Waals surface area contributed by atoms with Crippen LogP contribution in [0, 0.1) is 6.92 Å². The first-order valence-corrected chi connectivity index (χ1v) is 10.8. The highest BCUT2D eigenvalue weighted by Crippen LogP contribution is 2.25. The highest BCUT2D eigenvalue weighted by Gasteiger charge is 2.13. The second-order valence-electron chi connectivity index (χ2n) is 6.11. The van der Waals surface area contributed by atoms with Crippen LogP contribution < -0.4 is 15.4 Å². The third-order valence-electron chi connectivity index (χ3n) is 3.65. The minimum absolute atomic E-state index is 0. The van der Waals surface area contributed by atoms with E-state index in [0.29, 0.717) is 19.1 Å². The van der Waals surface area contributed by atoms with Crippen molar-refractivity contribution in [1.29, 1.82) is 0 Å². The average molecular weight is 513 g/mol. The summed E-state index contributed by atoms with van der Waals surface area (Å²) in [6, 6.07) is 6.08. The van der Waals surface area contributed by atoms with Crippen LogP contribution >= 0.6 is 24.0 Å². The van der Waals surface area contributed by atoms with Gasteiger partial charge in [0, 0.05) is 18.4 Å². The van der Waals surface area contributed by atoms with Gasteiger partial charge in [-0.25, -0.2) is 8.42 Å². The number of ether oxygens (including phenoxy) is 2. The van der Waals surface area contributed by atoms with Crippen LogP contribution in [0.5, 0.6) is 5.75 Å². The summed E-state index contributed by atoms with van der Waals surface area (Å²) in [5, 5.41) is 6.56. The fourth-order valence-corrected chi connectivity index (χ4v) is 2.75. The van der Waals surface area contributed by atoms with Crippen molar-refractivity contribution in [3.05, 3.63) is 29.3 Å². The molecule has 1 aromatic carbocycles. The van der Waals surface area contributed by atoms with Gasteiger partial charge in [-0.1, -0.05) is 17.7 Å². The van der Waals surface area contributed by atoms with Gasteiger partial charge in [0.1, 0.15) is 15.6 Å². The third kappa shape index (κ3) is 10.7. The van der Waals surface area contributed by atoms with Crippen molar-refractivity contribution in [3.63, 3.8) is 0 Å². The van der Waals surface area contributed by atoms with E-state index < -0.39 is 9.84 Å². The number of guanidine groups is 1. The number of aryl methyl sites for hydroxylation is 1. The fraction of sp³-hybridized carbons (Fsp3) is 0.611. The topological polar surface area (TPSA) is 89.0 Å². The second-order valence-corrected chi connectivity index (χ2v) is 8.37. The first kappa shape index (κ1) is 25.9. The summed E-state index contributed by atoms with van der Waals surface area (Å²) in [6.45, 7) is 7.83. The lowest BCUT2D eigenvalue weighted by Gasteiger charge is -2.20. The van der Waals surface area contributed by atoms with E-state index in [2.05, 4.69) is 21.7 Å². The van der Waals surface area contributed by atoms with Gasteiger partial charge in [-0.15, -0.1) is 24.0 Å². The highest BCUT2D eigenvalue weighted by molar-refractivity contribution is 14.0. The number of nitrogens with one attached hydrogen (secondary N) is 2. The highest BCUT2D eigenvalue weighted by atomic mass is 127. The molecule has 0 aliphatic carbocycles. The van der Waals surface area contributed by atoms with Crippen LogP contribution in [-0.4, -0.2) is 59.8 Å². The molecule has 0 aliphatic rings. The molecule has 9 heteroatoms. The van der Waals surface area contributed by atoms with E-state index in [1.807, 2.05) is 32.9 Å². The zero-order chi connectivity index (χ0) is 19.6. The number of nitrogens with zero attached hydrogens (tertiary/aromatic N) is 1. The van der Waals surface area contributed by atoms with Gasteiger partial charge < -0.3 is 20.1 Å². The monoisotopic (exact) mass is 513 g/mol. The van der Waals surface area contributed by atoms with Crippen molar-refractivity contribution >= 4 is 39.8 Å². The Balaban J connectivity index is 0.00000676. The molecule has 0 radical (unpaired) electrons. The van der Waals surface area contributed by atoms with E-state index in [9.17, 15) is 8.42 Å². The lowest BCUT2D eigenvalue weighted by atomic mass is 10.0. The summed E-state index contributed by atoms with van der Waals surface area (Å²) in [5.74, 6) is 1.53. The molecule has 0 aromatic heterocycles. The molecule has 156 valence electrons. The predicted octanol–water partition coefficient (Wildman–Crippen LogP) is 2.30. The van der Waals surface area contributed by atoms with Crippen molar-refractivity contribution in [2.75, 3.05) is 45.4 Å². The van der Waals surface area contributed by atoms with E-state index in [0.717, 1.165) is 23.4 Å². The smallest absolute Gasteiger partial charge is 0.191 e. The van der Waals surface area contributed by atoms with Crippen molar-refractivity contribution in [2.45, 2.75) is 26.8 Å². The maximum absolute atomic E-state index is 11.1. The summed E-state index contributed by atoms with van der Waals surface area (Å²) in [7, 11) is -1.33. The first-order valence-electron chi connectivity index (χ1n) is 8.71. The number of sulfone groups is 1. The Hall–Kier alpha value is -1.07. The van der Waals surface area contributed by atoms with Crippen LogP contribution in [0.25, 0.3) is 0 Å². The number of halogens is 1. The summed E-state index contributed by atoms with van der Waals surface area (Å²) in [6.07, 6.45) is 1.20. The minimum Gasteiger partial charge on any atom is -0.496 e. The van der Waals surface area contributed by atoms with Gasteiger partial charge >= 0.3 is 0 Å². The molecule has 1 aromatic rings. The van der Waals surface area contributed by atoms with Crippen molar-refractivity contribution < 1.29 is 17.9 Å². The number of methoxy groups -OCH3 is 1. The Kier molecular flexibility index (Phi) is 12.6. The number of rotatable bonds is 10. The van der Waals surface area contributed by atoms with Crippen LogP contribution in [0.15, 0.2) is 23.2 Å². The molecule has 0 saturated carbocycles. The quantitative estimate of drug-likeness (QED) is 0.216. The summed E-state index contributed by atoms with van der Waals surface area (Å²) >= 11 is 0. The normalized spacial score (nSPS) is 12.9. The fourth-order valence-electron chi connectivity index (χ4n) is 2.33. The Labute approximate surface area is 180 Å². The molecule has 2 N–H and O–H groups in total. The zero-order valence-corrected chi connectivity index (χ0v) is 19.9. The third-order valence-corrected chi connectivity index (χ3v) is 4.56. The van der Waals surface area contributed by atoms with E-state index in [1.165, 1.54) is 6.26 Å². The molecule has 0 fully saturated rings. The summed E-state index contributed by atoms with van der Waals surface area (Å²) < 4.78 is 32.9. The minimum atomic E-state index is -2.99. The first-order chi connectivity index (χ1) is 12.3. The van der Waals surface area contributed by atoms with E-state index >= 15 is 0 Å². The van der Waals surface area contributed by atoms with E-state index in [4.69, 9.17) is 9.47 Å². The maximum atomic E-state index is 11.1. The van der Waals surface area contributed by atoms with Crippen LogP contribution in [-0.2, 0) is 14.6 Å². The van der Waals surface area contributed by atoms with Gasteiger partial charge in [0.25, 0.3) is 0 Å². The lowest BCUT2D eigenvalue weighted by molar-refractivity contribution is 0.157. The molecule has 0 aliphatic heterocycles. The zero-order valence-electron chi connectivity index (χ0n) is 16.7. The average Bonchev–Trinajstić information content (AvgIpc) is 2.57. The molecule has 7 nitrogen and oxygen atoms in total. The number of hydrogen-bond donors (Lipinski definition) is 2. The Morgan fingerprint density at radius 1 is 1.30 bits per heavy atom. The molecule has 0 saturated heterocycles. The number of benzene rings is 1. The molecule has 27 heavy (non-hydrogen) atoms. The van der Waals surface area contributed by atoms with Crippen LogP contribution in [0.4, 0.5) is 0 Å². The van der Waals surface area contributed by atoms with E-state index in [1.54, 1.807) is 7.11 Å². The van der Waals surface area contributed by atoms with Crippen LogP contribution in [0.1, 0.15) is 31.0 Å². The van der Waals surface area contributed by atoms with Crippen LogP contribution in [0.3, 0.4) is 0 Å². The molecular weight excluding hydrogens is 481 g/mol. The molecule has 1 rings (SSSR count). The Morgan fingerprint density at radius 2 is 2.00 bits per heavy atom. The molecule has 0 spiro atoms. The Bertz CT molecular complexity index is 696. The number of hydrogen-bond acceptors (Lipinski definition) is 5. The predicted molar refractivity (Wildman–Crippen MR) is 121 cm³/mol. The van der Waals surface area contributed by atoms with Gasteiger partial charge in [0.2, 0.25) is 0 Å². The molecular formula is C18H32IN3O4S. The van der Waals surface area contributed by atoms with Gasteiger partial charge in [0.05, 0.1) is 38.7 Å². The van der Waals surface area contributed by atoms with Crippen molar-refractivity contribution in [1.82, 2.24) is 10.6 Å². The lowest BCUT2D eigenvalue weighted by Crippen LogP contribution is -2.39. The molecule has 1 unspecified atom stereocenters. The van der Waals surface area contributed by atoms with Gasteiger partial charge in [-0.2, -0.15) is 0 Å². The Morgan fingerprint density at radius 3 is 2.59 bits per heavy atom. The van der Waals surface area contributed by atoms with Gasteiger partial charge in [-0.05, 0) is 26.8 Å². The standard InChI is InChI=1S/C18H31N3O4S.HI/c1-6-19-18(20-9-10-25-11-12-26(5,22)23)21-15(3)16-13-14(2)7-8-17(16)24-4;/h7-8,13,15H,6,9-12H2,1-5H3,(H2,19,20,21);1H. The van der Waals surface area contributed by atoms with Crippen molar-refractivity contribution in [2.24, 2.45) is 4.99 Å². The second kappa shape index (κ2) is 13.2. The maximum Gasteiger partial charge on any atom is 0.191 e. The van der Waals surface area contributed by atoms with Gasteiger partial charge in [-0.3, -0.25) is 4.99 Å². The summed E-state index contributed by atoms with van der Waals surface area (Å²) in [5.41, 5.74) is 2.22. The van der Waals surface area contributed by atoms with E-state index in [-0.39, 0.29) is 42.4 Å². The van der Waals surface area contributed by atoms with Crippen LogP contribution in [0.2, 0.25) is 0 Å². The molecule has 0 heterocycles. The van der Waals surface area contributed by atoms with Gasteiger partial charge in [0.15, 0.2) is 5.96 Å². The molecule has 0 amide bonds. The largest absolute Gasteiger partial charge is 0.496 e. The molecule has 1 atom stereocenters.